The van der Waals surface area contributed by atoms with Crippen molar-refractivity contribution >= 4 is 16.7 Å². The topological polar surface area (TPSA) is 39.2 Å². The zero-order chi connectivity index (χ0) is 13.1. The first kappa shape index (κ1) is 12.3. The Bertz CT molecular complexity index is 588. The molecule has 1 aliphatic heterocycles. The molecule has 1 atom stereocenters. The van der Waals surface area contributed by atoms with Gasteiger partial charge in [-0.15, -0.1) is 0 Å². The van der Waals surface area contributed by atoms with Gasteiger partial charge in [-0.25, -0.2) is 0 Å². The Morgan fingerprint density at radius 2 is 2.16 bits per heavy atom. The Morgan fingerprint density at radius 3 is 3.00 bits per heavy atom. The van der Waals surface area contributed by atoms with Crippen LogP contribution in [0.15, 0.2) is 36.4 Å². The SMILES string of the molecule is O=C(Cc1ccc2ccccc2n1)CC1CCCO1. The van der Waals surface area contributed by atoms with Gasteiger partial charge in [-0.1, -0.05) is 24.3 Å². The van der Waals surface area contributed by atoms with Crippen LogP contribution in [0.4, 0.5) is 0 Å². The van der Waals surface area contributed by atoms with Gasteiger partial charge in [-0.2, -0.15) is 0 Å². The zero-order valence-electron chi connectivity index (χ0n) is 10.8. The number of hydrogen-bond acceptors (Lipinski definition) is 3. The van der Waals surface area contributed by atoms with Crippen molar-refractivity contribution in [2.24, 2.45) is 0 Å². The molecule has 1 aliphatic rings. The molecule has 0 radical (unpaired) electrons. The number of carbonyl (C=O) groups excluding carboxylic acids is 1. The number of ketones is 1. The minimum absolute atomic E-state index is 0.132. The van der Waals surface area contributed by atoms with Crippen molar-refractivity contribution < 1.29 is 9.53 Å². The summed E-state index contributed by atoms with van der Waals surface area (Å²) in [5.41, 5.74) is 1.80. The minimum atomic E-state index is 0.132. The van der Waals surface area contributed by atoms with Gasteiger partial charge in [0.1, 0.15) is 5.78 Å². The molecule has 3 nitrogen and oxygen atoms in total. The lowest BCUT2D eigenvalue weighted by atomic mass is 10.1. The first-order valence-corrected chi connectivity index (χ1v) is 6.79. The molecular weight excluding hydrogens is 238 g/mol. The molecular formula is C16H17NO2. The summed E-state index contributed by atoms with van der Waals surface area (Å²) in [4.78, 5) is 16.5. The predicted molar refractivity (Wildman–Crippen MR) is 74.0 cm³/mol. The highest BCUT2D eigenvalue weighted by Gasteiger charge is 2.19. The van der Waals surface area contributed by atoms with Gasteiger partial charge in [-0.3, -0.25) is 9.78 Å². The average Bonchev–Trinajstić information content (AvgIpc) is 2.91. The van der Waals surface area contributed by atoms with Gasteiger partial charge >= 0.3 is 0 Å². The van der Waals surface area contributed by atoms with Crippen LogP contribution in [0.25, 0.3) is 10.9 Å². The van der Waals surface area contributed by atoms with Crippen LogP contribution in [0.2, 0.25) is 0 Å². The zero-order valence-corrected chi connectivity index (χ0v) is 10.8. The van der Waals surface area contributed by atoms with Crippen LogP contribution in [-0.4, -0.2) is 23.5 Å². The van der Waals surface area contributed by atoms with Crippen molar-refractivity contribution in [1.29, 1.82) is 0 Å². The van der Waals surface area contributed by atoms with Gasteiger partial charge in [0.05, 0.1) is 11.6 Å². The van der Waals surface area contributed by atoms with E-state index in [-0.39, 0.29) is 11.9 Å². The lowest BCUT2D eigenvalue weighted by Crippen LogP contribution is -2.14. The molecule has 0 saturated carbocycles. The monoisotopic (exact) mass is 255 g/mol. The third kappa shape index (κ3) is 2.99. The second-order valence-corrected chi connectivity index (χ2v) is 5.05. The molecule has 98 valence electrons. The van der Waals surface area contributed by atoms with Crippen molar-refractivity contribution in [2.45, 2.75) is 31.8 Å². The number of carbonyl (C=O) groups is 1. The Kier molecular flexibility index (Phi) is 3.56. The van der Waals surface area contributed by atoms with Crippen molar-refractivity contribution in [1.82, 2.24) is 4.98 Å². The molecule has 1 aromatic carbocycles. The number of hydrogen-bond donors (Lipinski definition) is 0. The Balaban J connectivity index is 1.68. The van der Waals surface area contributed by atoms with Crippen molar-refractivity contribution in [3.8, 4) is 0 Å². The molecule has 0 amide bonds. The van der Waals surface area contributed by atoms with E-state index in [2.05, 4.69) is 4.98 Å². The third-order valence-electron chi connectivity index (χ3n) is 3.51. The fourth-order valence-corrected chi connectivity index (χ4v) is 2.54. The van der Waals surface area contributed by atoms with E-state index in [0.29, 0.717) is 12.8 Å². The normalized spacial score (nSPS) is 18.8. The smallest absolute Gasteiger partial charge is 0.141 e. The van der Waals surface area contributed by atoms with E-state index in [1.165, 1.54) is 0 Å². The quantitative estimate of drug-likeness (QED) is 0.843. The predicted octanol–water partition coefficient (Wildman–Crippen LogP) is 2.92. The summed E-state index contributed by atoms with van der Waals surface area (Å²) in [6, 6.07) is 11.9. The fraction of sp³-hybridized carbons (Fsp3) is 0.375. The molecule has 3 heteroatoms. The number of ether oxygens (including phenoxy) is 1. The first-order valence-electron chi connectivity index (χ1n) is 6.79. The van der Waals surface area contributed by atoms with E-state index >= 15 is 0 Å². The number of pyridine rings is 1. The molecule has 0 bridgehead atoms. The highest BCUT2D eigenvalue weighted by atomic mass is 16.5. The molecule has 0 N–H and O–H groups in total. The van der Waals surface area contributed by atoms with E-state index in [1.807, 2.05) is 36.4 Å². The summed E-state index contributed by atoms with van der Waals surface area (Å²) < 4.78 is 5.49. The van der Waals surface area contributed by atoms with Gasteiger partial charge in [0.25, 0.3) is 0 Å². The summed E-state index contributed by atoms with van der Waals surface area (Å²) in [6.07, 6.45) is 3.15. The van der Waals surface area contributed by atoms with Gasteiger partial charge in [-0.05, 0) is 25.0 Å². The Morgan fingerprint density at radius 1 is 1.26 bits per heavy atom. The van der Waals surface area contributed by atoms with Crippen LogP contribution in [0.1, 0.15) is 25.0 Å². The molecule has 1 unspecified atom stereocenters. The number of Topliss-reactive ketones (excluding diaryl/α,β-unsaturated/α-hetero) is 1. The number of benzene rings is 1. The number of nitrogens with zero attached hydrogens (tertiary/aromatic N) is 1. The number of para-hydroxylation sites is 1. The third-order valence-corrected chi connectivity index (χ3v) is 3.51. The molecule has 0 aliphatic carbocycles. The van der Waals surface area contributed by atoms with Gasteiger partial charge in [0.15, 0.2) is 0 Å². The Hall–Kier alpha value is -1.74. The first-order chi connectivity index (χ1) is 9.31. The summed E-state index contributed by atoms with van der Waals surface area (Å²) in [5.74, 6) is 0.217. The van der Waals surface area contributed by atoms with E-state index in [4.69, 9.17) is 4.74 Å². The molecule has 1 saturated heterocycles. The lowest BCUT2D eigenvalue weighted by Gasteiger charge is -2.08. The van der Waals surface area contributed by atoms with Crippen LogP contribution in [0.5, 0.6) is 0 Å². The summed E-state index contributed by atoms with van der Waals surface area (Å²) in [5, 5.41) is 1.11. The van der Waals surface area contributed by atoms with Crippen molar-refractivity contribution in [3.63, 3.8) is 0 Å². The highest BCUT2D eigenvalue weighted by Crippen LogP contribution is 2.17. The maximum Gasteiger partial charge on any atom is 0.141 e. The second-order valence-electron chi connectivity index (χ2n) is 5.05. The molecule has 1 aromatic heterocycles. The summed E-state index contributed by atoms with van der Waals surface area (Å²) >= 11 is 0. The average molecular weight is 255 g/mol. The maximum absolute atomic E-state index is 12.0. The van der Waals surface area contributed by atoms with Crippen LogP contribution in [-0.2, 0) is 16.0 Å². The van der Waals surface area contributed by atoms with Gasteiger partial charge < -0.3 is 4.74 Å². The molecule has 0 spiro atoms. The van der Waals surface area contributed by atoms with E-state index in [9.17, 15) is 4.79 Å². The maximum atomic E-state index is 12.0. The summed E-state index contributed by atoms with van der Waals surface area (Å²) in [6.45, 7) is 0.798. The van der Waals surface area contributed by atoms with E-state index in [0.717, 1.165) is 36.0 Å². The van der Waals surface area contributed by atoms with Gasteiger partial charge in [0.2, 0.25) is 0 Å². The number of fused-ring (bicyclic) bond motifs is 1. The minimum Gasteiger partial charge on any atom is -0.378 e. The summed E-state index contributed by atoms with van der Waals surface area (Å²) in [7, 11) is 0. The largest absolute Gasteiger partial charge is 0.378 e. The molecule has 2 aromatic rings. The van der Waals surface area contributed by atoms with Crippen LogP contribution < -0.4 is 0 Å². The number of rotatable bonds is 4. The molecule has 19 heavy (non-hydrogen) atoms. The lowest BCUT2D eigenvalue weighted by molar-refractivity contribution is -0.120. The molecule has 1 fully saturated rings. The molecule has 2 heterocycles. The fourth-order valence-electron chi connectivity index (χ4n) is 2.54. The molecule has 3 rings (SSSR count). The van der Waals surface area contributed by atoms with Crippen molar-refractivity contribution in [2.75, 3.05) is 6.61 Å². The van der Waals surface area contributed by atoms with Crippen LogP contribution in [0.3, 0.4) is 0 Å². The van der Waals surface area contributed by atoms with E-state index < -0.39 is 0 Å². The van der Waals surface area contributed by atoms with Crippen LogP contribution in [0, 0.1) is 0 Å². The Labute approximate surface area is 112 Å². The highest BCUT2D eigenvalue weighted by molar-refractivity contribution is 5.83. The van der Waals surface area contributed by atoms with Crippen LogP contribution >= 0.6 is 0 Å². The van der Waals surface area contributed by atoms with Crippen molar-refractivity contribution in [3.05, 3.63) is 42.1 Å². The van der Waals surface area contributed by atoms with Gasteiger partial charge in [0, 0.05) is 30.5 Å². The standard InChI is InChI=1S/C16H17NO2/c18-14(11-15-5-3-9-19-15)10-13-8-7-12-4-1-2-6-16(12)17-13/h1-2,4,6-8,15H,3,5,9-11H2. The van der Waals surface area contributed by atoms with E-state index in [1.54, 1.807) is 0 Å². The second kappa shape index (κ2) is 5.49. The number of aromatic nitrogens is 1.